The van der Waals surface area contributed by atoms with Crippen molar-refractivity contribution >= 4 is 17.4 Å². The van der Waals surface area contributed by atoms with Crippen LogP contribution >= 0.6 is 0 Å². The van der Waals surface area contributed by atoms with Crippen LogP contribution in [0.3, 0.4) is 0 Å². The molecule has 2 aromatic carbocycles. The number of benzene rings is 2. The molecule has 0 radical (unpaired) electrons. The van der Waals surface area contributed by atoms with E-state index in [0.29, 0.717) is 41.6 Å². The van der Waals surface area contributed by atoms with Gasteiger partial charge in [0.15, 0.2) is 0 Å². The molecule has 0 saturated carbocycles. The first kappa shape index (κ1) is 25.1. The quantitative estimate of drug-likeness (QED) is 0.157. The molecule has 7 heteroatoms. The first-order valence-corrected chi connectivity index (χ1v) is 12.3. The van der Waals surface area contributed by atoms with Gasteiger partial charge in [-0.1, -0.05) is 44.0 Å². The fourth-order valence-corrected chi connectivity index (χ4v) is 4.30. The van der Waals surface area contributed by atoms with E-state index in [1.165, 1.54) is 11.2 Å². The Hall–Kier alpha value is -4.00. The van der Waals surface area contributed by atoms with Gasteiger partial charge in [0.2, 0.25) is 0 Å². The third kappa shape index (κ3) is 5.46. The number of carbonyl (C=O) groups excluding carboxylic acids is 2. The number of nitrogens with zero attached hydrogens (tertiary/aromatic N) is 1. The molecule has 1 amide bonds. The van der Waals surface area contributed by atoms with Gasteiger partial charge in [0, 0.05) is 5.56 Å². The number of furan rings is 1. The zero-order chi connectivity index (χ0) is 25.5. The highest BCUT2D eigenvalue weighted by Gasteiger charge is 2.46. The van der Waals surface area contributed by atoms with Crippen LogP contribution in [0.15, 0.2) is 76.9 Å². The monoisotopic (exact) mass is 489 g/mol. The number of hydrogen-bond acceptors (Lipinski definition) is 6. The normalized spacial score (nSPS) is 16.9. The molecule has 1 atom stereocenters. The molecular formula is C29H31NO6. The number of aliphatic hydroxyl groups is 1. The number of aliphatic hydroxyl groups excluding tert-OH is 1. The number of rotatable bonds is 11. The number of carbonyl (C=O) groups is 2. The second-order valence-corrected chi connectivity index (χ2v) is 8.59. The number of ketones is 1. The van der Waals surface area contributed by atoms with Crippen LogP contribution in [0.4, 0.5) is 0 Å². The Kier molecular flexibility index (Phi) is 8.10. The number of Topliss-reactive ketones (excluding diaryl/α,β-unsaturated/α-hetero) is 1. The first-order chi connectivity index (χ1) is 17.5. The zero-order valence-corrected chi connectivity index (χ0v) is 20.6. The molecule has 7 nitrogen and oxygen atoms in total. The topological polar surface area (TPSA) is 89.2 Å². The number of ether oxygens (including phenoxy) is 2. The van der Waals surface area contributed by atoms with E-state index in [4.69, 9.17) is 13.9 Å². The SMILES string of the molecule is CCCCCOc1ccc(C2C(=C(O)c3cccc(OCC)c3)C(=O)C(=O)N2Cc2ccco2)cc1. The first-order valence-electron chi connectivity index (χ1n) is 12.3. The molecule has 0 spiro atoms. The van der Waals surface area contributed by atoms with Crippen LogP contribution in [0.2, 0.25) is 0 Å². The predicted molar refractivity (Wildman–Crippen MR) is 136 cm³/mol. The Labute approximate surface area is 210 Å². The number of hydrogen-bond donors (Lipinski definition) is 1. The van der Waals surface area contributed by atoms with Crippen molar-refractivity contribution < 1.29 is 28.6 Å². The molecule has 1 aliphatic rings. The van der Waals surface area contributed by atoms with Crippen LogP contribution in [-0.4, -0.2) is 34.9 Å². The Morgan fingerprint density at radius 1 is 0.972 bits per heavy atom. The molecule has 188 valence electrons. The molecular weight excluding hydrogens is 458 g/mol. The lowest BCUT2D eigenvalue weighted by Gasteiger charge is -2.24. The summed E-state index contributed by atoms with van der Waals surface area (Å²) in [5.74, 6) is 0.122. The van der Waals surface area contributed by atoms with Gasteiger partial charge in [-0.3, -0.25) is 9.59 Å². The van der Waals surface area contributed by atoms with Crippen LogP contribution in [0, 0.1) is 0 Å². The van der Waals surface area contributed by atoms with Gasteiger partial charge >= 0.3 is 0 Å². The average Bonchev–Trinajstić information content (AvgIpc) is 3.49. The summed E-state index contributed by atoms with van der Waals surface area (Å²) in [6.07, 6.45) is 4.71. The molecule has 4 rings (SSSR count). The van der Waals surface area contributed by atoms with Gasteiger partial charge in [-0.15, -0.1) is 0 Å². The molecule has 0 bridgehead atoms. The van der Waals surface area contributed by atoms with Crippen molar-refractivity contribution in [3.8, 4) is 11.5 Å². The van der Waals surface area contributed by atoms with Gasteiger partial charge in [0.05, 0.1) is 37.6 Å². The van der Waals surface area contributed by atoms with Crippen LogP contribution in [-0.2, 0) is 16.1 Å². The fraction of sp³-hybridized carbons (Fsp3) is 0.310. The van der Waals surface area contributed by atoms with E-state index in [1.54, 1.807) is 36.4 Å². The third-order valence-electron chi connectivity index (χ3n) is 6.08. The number of likely N-dealkylation sites (tertiary alicyclic amines) is 1. The highest BCUT2D eigenvalue weighted by molar-refractivity contribution is 6.46. The van der Waals surface area contributed by atoms with Crippen LogP contribution in [0.25, 0.3) is 5.76 Å². The lowest BCUT2D eigenvalue weighted by Crippen LogP contribution is -2.29. The molecule has 36 heavy (non-hydrogen) atoms. The van der Waals surface area contributed by atoms with Crippen molar-refractivity contribution in [3.05, 3.63) is 89.4 Å². The smallest absolute Gasteiger partial charge is 0.296 e. The maximum absolute atomic E-state index is 13.2. The summed E-state index contributed by atoms with van der Waals surface area (Å²) in [4.78, 5) is 27.8. The molecule has 1 fully saturated rings. The number of unbranched alkanes of at least 4 members (excludes halogenated alkanes) is 2. The molecule has 1 N–H and O–H groups in total. The van der Waals surface area contributed by atoms with Crippen LogP contribution in [0.1, 0.15) is 56.0 Å². The molecule has 1 saturated heterocycles. The Bertz CT molecular complexity index is 1210. The van der Waals surface area contributed by atoms with Crippen LogP contribution < -0.4 is 9.47 Å². The second kappa shape index (κ2) is 11.6. The van der Waals surface area contributed by atoms with Crippen LogP contribution in [0.5, 0.6) is 11.5 Å². The van der Waals surface area contributed by atoms with Gasteiger partial charge in [-0.05, 0) is 55.3 Å². The van der Waals surface area contributed by atoms with E-state index in [2.05, 4.69) is 6.92 Å². The van der Waals surface area contributed by atoms with Crippen molar-refractivity contribution in [2.75, 3.05) is 13.2 Å². The summed E-state index contributed by atoms with van der Waals surface area (Å²) >= 11 is 0. The van der Waals surface area contributed by atoms with E-state index in [-0.39, 0.29) is 17.9 Å². The zero-order valence-electron chi connectivity index (χ0n) is 20.6. The van der Waals surface area contributed by atoms with Gasteiger partial charge in [-0.2, -0.15) is 0 Å². The third-order valence-corrected chi connectivity index (χ3v) is 6.08. The largest absolute Gasteiger partial charge is 0.507 e. The van der Waals surface area contributed by atoms with Crippen molar-refractivity contribution in [3.63, 3.8) is 0 Å². The molecule has 1 aliphatic heterocycles. The molecule has 1 aromatic heterocycles. The Morgan fingerprint density at radius 2 is 1.78 bits per heavy atom. The summed E-state index contributed by atoms with van der Waals surface area (Å²) in [5, 5.41) is 11.3. The Morgan fingerprint density at radius 3 is 2.47 bits per heavy atom. The van der Waals surface area contributed by atoms with Gasteiger partial charge in [0.25, 0.3) is 11.7 Å². The van der Waals surface area contributed by atoms with Crippen molar-refractivity contribution in [2.45, 2.75) is 45.7 Å². The van der Waals surface area contributed by atoms with E-state index in [1.807, 2.05) is 31.2 Å². The maximum atomic E-state index is 13.2. The lowest BCUT2D eigenvalue weighted by atomic mass is 9.95. The molecule has 0 aliphatic carbocycles. The summed E-state index contributed by atoms with van der Waals surface area (Å²) in [6, 6.07) is 16.8. The highest BCUT2D eigenvalue weighted by Crippen LogP contribution is 2.41. The summed E-state index contributed by atoms with van der Waals surface area (Å²) in [5.41, 5.74) is 1.11. The van der Waals surface area contributed by atoms with E-state index < -0.39 is 17.7 Å². The van der Waals surface area contributed by atoms with Gasteiger partial charge < -0.3 is 23.9 Å². The maximum Gasteiger partial charge on any atom is 0.296 e. The lowest BCUT2D eigenvalue weighted by molar-refractivity contribution is -0.140. The minimum absolute atomic E-state index is 0.0248. The van der Waals surface area contributed by atoms with Crippen molar-refractivity contribution in [2.24, 2.45) is 0 Å². The van der Waals surface area contributed by atoms with E-state index in [0.717, 1.165) is 19.3 Å². The molecule has 1 unspecified atom stereocenters. The van der Waals surface area contributed by atoms with E-state index in [9.17, 15) is 14.7 Å². The van der Waals surface area contributed by atoms with Crippen molar-refractivity contribution in [1.82, 2.24) is 4.90 Å². The van der Waals surface area contributed by atoms with Gasteiger partial charge in [-0.25, -0.2) is 0 Å². The fourth-order valence-electron chi connectivity index (χ4n) is 4.30. The van der Waals surface area contributed by atoms with Gasteiger partial charge in [0.1, 0.15) is 23.0 Å². The summed E-state index contributed by atoms with van der Waals surface area (Å²) < 4.78 is 16.8. The van der Waals surface area contributed by atoms with E-state index >= 15 is 0 Å². The summed E-state index contributed by atoms with van der Waals surface area (Å²) in [7, 11) is 0. The summed E-state index contributed by atoms with van der Waals surface area (Å²) in [6.45, 7) is 5.18. The predicted octanol–water partition coefficient (Wildman–Crippen LogP) is 5.87. The molecule has 2 heterocycles. The Balaban J connectivity index is 1.72. The van der Waals surface area contributed by atoms with Crippen molar-refractivity contribution in [1.29, 1.82) is 0 Å². The minimum atomic E-state index is -0.792. The average molecular weight is 490 g/mol. The molecule has 3 aromatic rings. The second-order valence-electron chi connectivity index (χ2n) is 8.59. The highest BCUT2D eigenvalue weighted by atomic mass is 16.5. The minimum Gasteiger partial charge on any atom is -0.507 e. The number of amides is 1. The standard InChI is InChI=1S/C29H31NO6/c1-3-5-6-16-35-22-14-12-20(13-15-22)26-25(27(31)21-9-7-10-23(18-21)34-4-2)28(32)29(33)30(26)19-24-11-8-17-36-24/h7-15,17-18,26,31H,3-6,16,19H2,1-2H3.